The van der Waals surface area contributed by atoms with Crippen LogP contribution in [-0.2, 0) is 15.6 Å². The molecular formula is C11H7ClF2N2O4S. The van der Waals surface area contributed by atoms with E-state index in [0.29, 0.717) is 12.3 Å². The van der Waals surface area contributed by atoms with Gasteiger partial charge in [-0.2, -0.15) is 0 Å². The van der Waals surface area contributed by atoms with Gasteiger partial charge in [-0.1, -0.05) is 6.07 Å². The van der Waals surface area contributed by atoms with Crippen LogP contribution in [-0.4, -0.2) is 18.0 Å². The highest BCUT2D eigenvalue weighted by atomic mass is 35.7. The third-order valence-electron chi connectivity index (χ3n) is 2.60. The highest BCUT2D eigenvalue weighted by molar-refractivity contribution is 8.13. The third kappa shape index (κ3) is 3.37. The summed E-state index contributed by atoms with van der Waals surface area (Å²) < 4.78 is 49.4. The van der Waals surface area contributed by atoms with Crippen LogP contribution in [0, 0.1) is 11.6 Å². The van der Waals surface area contributed by atoms with Gasteiger partial charge in [0.1, 0.15) is 11.6 Å². The van der Waals surface area contributed by atoms with Gasteiger partial charge in [-0.15, -0.1) is 0 Å². The van der Waals surface area contributed by atoms with Crippen molar-refractivity contribution in [3.63, 3.8) is 0 Å². The number of hydrogen-bond acceptors (Lipinski definition) is 4. The van der Waals surface area contributed by atoms with Crippen LogP contribution in [0.3, 0.4) is 0 Å². The van der Waals surface area contributed by atoms with Crippen LogP contribution in [0.1, 0.15) is 5.56 Å². The van der Waals surface area contributed by atoms with Crippen molar-refractivity contribution in [2.24, 2.45) is 0 Å². The second-order valence-electron chi connectivity index (χ2n) is 4.05. The fourth-order valence-corrected chi connectivity index (χ4v) is 2.47. The molecule has 1 aromatic heterocycles. The summed E-state index contributed by atoms with van der Waals surface area (Å²) in [6, 6.07) is 2.69. The average Bonchev–Trinajstić information content (AvgIpc) is 2.33. The van der Waals surface area contributed by atoms with Gasteiger partial charge in [0, 0.05) is 28.5 Å². The van der Waals surface area contributed by atoms with Crippen molar-refractivity contribution in [2.75, 3.05) is 0 Å². The lowest BCUT2D eigenvalue weighted by molar-refractivity contribution is 0.561. The minimum atomic E-state index is -4.37. The summed E-state index contributed by atoms with van der Waals surface area (Å²) >= 11 is 0. The van der Waals surface area contributed by atoms with E-state index >= 15 is 0 Å². The molecule has 1 aromatic carbocycles. The van der Waals surface area contributed by atoms with Crippen molar-refractivity contribution >= 4 is 19.7 Å². The SMILES string of the molecule is O=c1[nH]c(=O)n(Cc2ccc(F)cc2F)cc1S(=O)(=O)Cl. The molecule has 0 amide bonds. The van der Waals surface area contributed by atoms with E-state index in [0.717, 1.165) is 16.7 Å². The van der Waals surface area contributed by atoms with Crippen molar-refractivity contribution in [1.29, 1.82) is 0 Å². The predicted molar refractivity (Wildman–Crippen MR) is 69.8 cm³/mol. The molecule has 0 aliphatic rings. The van der Waals surface area contributed by atoms with Gasteiger partial charge in [-0.25, -0.2) is 22.0 Å². The maximum absolute atomic E-state index is 13.5. The zero-order valence-electron chi connectivity index (χ0n) is 10.1. The molecule has 0 aliphatic carbocycles. The quantitative estimate of drug-likeness (QED) is 0.839. The highest BCUT2D eigenvalue weighted by Crippen LogP contribution is 2.12. The lowest BCUT2D eigenvalue weighted by Crippen LogP contribution is -2.32. The molecule has 0 saturated carbocycles. The van der Waals surface area contributed by atoms with Crippen LogP contribution in [0.5, 0.6) is 0 Å². The van der Waals surface area contributed by atoms with Gasteiger partial charge in [0.15, 0.2) is 4.90 Å². The molecule has 0 unspecified atom stereocenters. The van der Waals surface area contributed by atoms with Gasteiger partial charge in [0.05, 0.1) is 6.54 Å². The average molecular weight is 337 g/mol. The van der Waals surface area contributed by atoms with Crippen molar-refractivity contribution in [3.05, 3.63) is 62.4 Å². The first-order valence-corrected chi connectivity index (χ1v) is 7.72. The third-order valence-corrected chi connectivity index (χ3v) is 3.91. The van der Waals surface area contributed by atoms with E-state index in [9.17, 15) is 26.8 Å². The van der Waals surface area contributed by atoms with E-state index in [1.165, 1.54) is 0 Å². The number of rotatable bonds is 3. The molecular weight excluding hydrogens is 330 g/mol. The topological polar surface area (TPSA) is 89.0 Å². The number of aromatic amines is 1. The number of aromatic nitrogens is 2. The summed E-state index contributed by atoms with van der Waals surface area (Å²) in [5.41, 5.74) is -2.19. The molecule has 0 radical (unpaired) electrons. The molecule has 1 N–H and O–H groups in total. The number of H-pyrrole nitrogens is 1. The largest absolute Gasteiger partial charge is 0.328 e. The second kappa shape index (κ2) is 5.41. The van der Waals surface area contributed by atoms with Crippen LogP contribution < -0.4 is 11.2 Å². The Hall–Kier alpha value is -2.00. The fraction of sp³-hybridized carbons (Fsp3) is 0.0909. The Morgan fingerprint density at radius 2 is 1.90 bits per heavy atom. The second-order valence-corrected chi connectivity index (χ2v) is 6.59. The molecule has 1 heterocycles. The van der Waals surface area contributed by atoms with Gasteiger partial charge >= 0.3 is 5.69 Å². The van der Waals surface area contributed by atoms with Gasteiger partial charge in [-0.3, -0.25) is 14.3 Å². The van der Waals surface area contributed by atoms with Gasteiger partial charge in [-0.05, 0) is 6.07 Å². The van der Waals surface area contributed by atoms with Crippen molar-refractivity contribution in [3.8, 4) is 0 Å². The lowest BCUT2D eigenvalue weighted by Gasteiger charge is -2.07. The highest BCUT2D eigenvalue weighted by Gasteiger charge is 2.17. The van der Waals surface area contributed by atoms with E-state index < -0.39 is 43.4 Å². The molecule has 10 heteroatoms. The lowest BCUT2D eigenvalue weighted by atomic mass is 10.2. The van der Waals surface area contributed by atoms with Gasteiger partial charge in [0.25, 0.3) is 14.6 Å². The molecule has 0 atom stereocenters. The molecule has 0 bridgehead atoms. The fourth-order valence-electron chi connectivity index (χ4n) is 1.61. The van der Waals surface area contributed by atoms with E-state index in [2.05, 4.69) is 0 Å². The molecule has 0 aliphatic heterocycles. The summed E-state index contributed by atoms with van der Waals surface area (Å²) in [7, 11) is 0.689. The minimum Gasteiger partial charge on any atom is -0.295 e. The maximum atomic E-state index is 13.5. The number of nitrogens with zero attached hydrogens (tertiary/aromatic N) is 1. The zero-order valence-corrected chi connectivity index (χ0v) is 11.7. The van der Waals surface area contributed by atoms with Crippen LogP contribution >= 0.6 is 10.7 Å². The van der Waals surface area contributed by atoms with Gasteiger partial charge in [0.2, 0.25) is 0 Å². The summed E-state index contributed by atoms with van der Waals surface area (Å²) in [6.07, 6.45) is 0.701. The predicted octanol–water partition coefficient (Wildman–Crippen LogP) is 0.791. The molecule has 112 valence electrons. The first-order valence-electron chi connectivity index (χ1n) is 5.41. The first kappa shape index (κ1) is 15.4. The molecule has 21 heavy (non-hydrogen) atoms. The Bertz CT molecular complexity index is 921. The smallest absolute Gasteiger partial charge is 0.295 e. The van der Waals surface area contributed by atoms with Crippen molar-refractivity contribution in [2.45, 2.75) is 11.4 Å². The van der Waals surface area contributed by atoms with Crippen molar-refractivity contribution in [1.82, 2.24) is 9.55 Å². The van der Waals surface area contributed by atoms with Crippen LogP contribution in [0.4, 0.5) is 8.78 Å². The normalized spacial score (nSPS) is 11.6. The summed E-state index contributed by atoms with van der Waals surface area (Å²) in [6.45, 7) is -0.402. The molecule has 0 fully saturated rings. The number of benzene rings is 1. The van der Waals surface area contributed by atoms with Crippen LogP contribution in [0.2, 0.25) is 0 Å². The van der Waals surface area contributed by atoms with Gasteiger partial charge < -0.3 is 0 Å². The summed E-state index contributed by atoms with van der Waals surface area (Å²) in [5.74, 6) is -1.71. The monoisotopic (exact) mass is 336 g/mol. The van der Waals surface area contributed by atoms with E-state index in [1.54, 1.807) is 4.98 Å². The van der Waals surface area contributed by atoms with Crippen LogP contribution in [0.25, 0.3) is 0 Å². The summed E-state index contributed by atoms with van der Waals surface area (Å²) in [4.78, 5) is 23.8. The van der Waals surface area contributed by atoms with E-state index in [4.69, 9.17) is 10.7 Å². The zero-order chi connectivity index (χ0) is 15.8. The molecule has 2 rings (SSSR count). The number of hydrogen-bond donors (Lipinski definition) is 1. The Labute approximate surface area is 121 Å². The standard InChI is InChI=1S/C11H7ClF2N2O4S/c12-21(19,20)9-5-16(11(18)15-10(9)17)4-6-1-2-7(13)3-8(6)14/h1-3,5H,4H2,(H,15,17,18). The van der Waals surface area contributed by atoms with Crippen LogP contribution in [0.15, 0.2) is 38.9 Å². The Morgan fingerprint density at radius 3 is 2.48 bits per heavy atom. The molecule has 0 spiro atoms. The Kier molecular flexibility index (Phi) is 3.97. The first-order chi connectivity index (χ1) is 9.68. The summed E-state index contributed by atoms with van der Waals surface area (Å²) in [5, 5.41) is 0. The molecule has 6 nitrogen and oxygen atoms in total. The number of nitrogens with one attached hydrogen (secondary N) is 1. The molecule has 2 aromatic rings. The Balaban J connectivity index is 2.55. The molecule has 0 saturated heterocycles. The van der Waals surface area contributed by atoms with Crippen molar-refractivity contribution < 1.29 is 17.2 Å². The minimum absolute atomic E-state index is 0.0662. The van der Waals surface area contributed by atoms with E-state index in [-0.39, 0.29) is 5.56 Å². The maximum Gasteiger partial charge on any atom is 0.328 e. The Morgan fingerprint density at radius 1 is 1.24 bits per heavy atom. The van der Waals surface area contributed by atoms with E-state index in [1.807, 2.05) is 0 Å². The number of halogens is 3.